The van der Waals surface area contributed by atoms with E-state index in [0.717, 1.165) is 12.8 Å². The predicted octanol–water partition coefficient (Wildman–Crippen LogP) is 4.14. The first-order chi connectivity index (χ1) is 10.2. The molecule has 0 aliphatic heterocycles. The average molecular weight is 298 g/mol. The number of Topliss-reactive ketones (excluding diaryl/α,β-unsaturated/α-hetero) is 2. The Morgan fingerprint density at radius 2 is 1.32 bits per heavy atom. The molecule has 0 atom stereocenters. The van der Waals surface area contributed by atoms with Crippen LogP contribution in [0.25, 0.3) is 0 Å². The van der Waals surface area contributed by atoms with Crippen molar-refractivity contribution in [3.05, 3.63) is 33.4 Å². The number of fused-ring (bicyclic) bond motifs is 1. The highest BCUT2D eigenvalue weighted by atomic mass is 16.1. The monoisotopic (exact) mass is 298 g/mol. The second-order valence-electron chi connectivity index (χ2n) is 8.12. The minimum Gasteiger partial charge on any atom is -0.299 e. The summed E-state index contributed by atoms with van der Waals surface area (Å²) in [5, 5.41) is 0. The molecule has 3 rings (SSSR count). The van der Waals surface area contributed by atoms with Crippen molar-refractivity contribution in [1.29, 1.82) is 0 Å². The molecule has 2 heteroatoms. The van der Waals surface area contributed by atoms with Crippen LogP contribution in [-0.4, -0.2) is 11.6 Å². The van der Waals surface area contributed by atoms with Gasteiger partial charge in [-0.15, -0.1) is 0 Å². The van der Waals surface area contributed by atoms with E-state index >= 15 is 0 Å². The number of hydrogen-bond acceptors (Lipinski definition) is 2. The highest BCUT2D eigenvalue weighted by Crippen LogP contribution is 2.45. The number of carbonyl (C=O) groups is 2. The van der Waals surface area contributed by atoms with Crippen LogP contribution in [0.1, 0.15) is 72.4 Å². The highest BCUT2D eigenvalue weighted by Gasteiger charge is 2.35. The van der Waals surface area contributed by atoms with Crippen molar-refractivity contribution < 1.29 is 9.59 Å². The Labute approximate surface area is 133 Å². The highest BCUT2D eigenvalue weighted by molar-refractivity contribution is 6.02. The molecule has 22 heavy (non-hydrogen) atoms. The van der Waals surface area contributed by atoms with Crippen LogP contribution < -0.4 is 0 Å². The fourth-order valence-corrected chi connectivity index (χ4v) is 4.63. The van der Waals surface area contributed by atoms with Gasteiger partial charge in [0.05, 0.1) is 6.42 Å². The lowest BCUT2D eigenvalue weighted by atomic mass is 9.76. The third kappa shape index (κ3) is 2.43. The average Bonchev–Trinajstić information content (AvgIpc) is 2.72. The van der Waals surface area contributed by atoms with Crippen molar-refractivity contribution in [2.45, 2.75) is 72.6 Å². The van der Waals surface area contributed by atoms with Gasteiger partial charge in [0, 0.05) is 12.8 Å². The fourth-order valence-electron chi connectivity index (χ4n) is 4.63. The molecule has 0 bridgehead atoms. The first-order valence-electron chi connectivity index (χ1n) is 8.34. The van der Waals surface area contributed by atoms with Gasteiger partial charge in [0.1, 0.15) is 11.6 Å². The molecule has 1 fully saturated rings. The minimum absolute atomic E-state index is 0.0986. The first kappa shape index (κ1) is 15.5. The summed E-state index contributed by atoms with van der Waals surface area (Å²) < 4.78 is 0. The molecular formula is C20H26O2. The Balaban J connectivity index is 2.12. The zero-order valence-corrected chi connectivity index (χ0v) is 14.4. The van der Waals surface area contributed by atoms with Gasteiger partial charge in [-0.05, 0) is 78.3 Å². The van der Waals surface area contributed by atoms with Crippen LogP contribution in [0.3, 0.4) is 0 Å². The molecule has 118 valence electrons. The van der Waals surface area contributed by atoms with E-state index in [1.165, 1.54) is 33.4 Å². The first-order valence-corrected chi connectivity index (χ1v) is 8.34. The lowest BCUT2D eigenvalue weighted by Crippen LogP contribution is -2.23. The molecular weight excluding hydrogens is 272 g/mol. The molecule has 2 aliphatic rings. The molecule has 0 N–H and O–H groups in total. The predicted molar refractivity (Wildman–Crippen MR) is 88.4 cm³/mol. The van der Waals surface area contributed by atoms with Crippen LogP contribution >= 0.6 is 0 Å². The van der Waals surface area contributed by atoms with E-state index in [1.54, 1.807) is 0 Å². The zero-order chi connectivity index (χ0) is 16.2. The summed E-state index contributed by atoms with van der Waals surface area (Å²) in [6.07, 6.45) is 3.46. The molecule has 2 aliphatic carbocycles. The Kier molecular flexibility index (Phi) is 3.54. The van der Waals surface area contributed by atoms with Crippen LogP contribution in [0.5, 0.6) is 0 Å². The van der Waals surface area contributed by atoms with Crippen molar-refractivity contribution in [1.82, 2.24) is 0 Å². The Bertz CT molecular complexity index is 664. The van der Waals surface area contributed by atoms with E-state index in [9.17, 15) is 9.59 Å². The fraction of sp³-hybridized carbons (Fsp3) is 0.600. The largest absolute Gasteiger partial charge is 0.299 e. The molecule has 0 heterocycles. The minimum atomic E-state index is 0.0986. The molecule has 0 amide bonds. The Morgan fingerprint density at radius 3 is 1.86 bits per heavy atom. The van der Waals surface area contributed by atoms with Gasteiger partial charge in [0.2, 0.25) is 0 Å². The Morgan fingerprint density at radius 1 is 0.818 bits per heavy atom. The lowest BCUT2D eigenvalue weighted by molar-refractivity contribution is -0.130. The van der Waals surface area contributed by atoms with Crippen molar-refractivity contribution in [2.75, 3.05) is 0 Å². The van der Waals surface area contributed by atoms with E-state index in [4.69, 9.17) is 0 Å². The van der Waals surface area contributed by atoms with Gasteiger partial charge in [-0.1, -0.05) is 13.8 Å². The normalized spacial score (nSPS) is 21.3. The van der Waals surface area contributed by atoms with E-state index in [1.807, 2.05) is 0 Å². The van der Waals surface area contributed by atoms with E-state index in [2.05, 4.69) is 34.6 Å². The SMILES string of the molecule is Cc1c(C)c(C2CC(=O)CC(=O)C2)c(C)c2c1CC(C)(C)C2. The maximum Gasteiger partial charge on any atom is 0.140 e. The summed E-state index contributed by atoms with van der Waals surface area (Å²) in [4.78, 5) is 23.8. The third-order valence-electron chi connectivity index (χ3n) is 5.70. The van der Waals surface area contributed by atoms with Gasteiger partial charge in [0.25, 0.3) is 0 Å². The summed E-state index contributed by atoms with van der Waals surface area (Å²) in [5.41, 5.74) is 8.63. The second-order valence-corrected chi connectivity index (χ2v) is 8.12. The summed E-state index contributed by atoms with van der Waals surface area (Å²) in [6.45, 7) is 11.2. The van der Waals surface area contributed by atoms with Gasteiger partial charge < -0.3 is 0 Å². The summed E-state index contributed by atoms with van der Waals surface area (Å²) >= 11 is 0. The number of carbonyl (C=O) groups excluding carboxylic acids is 2. The van der Waals surface area contributed by atoms with E-state index < -0.39 is 0 Å². The number of hydrogen-bond donors (Lipinski definition) is 0. The lowest BCUT2D eigenvalue weighted by Gasteiger charge is -2.27. The molecule has 1 saturated carbocycles. The van der Waals surface area contributed by atoms with Gasteiger partial charge in [-0.2, -0.15) is 0 Å². The molecule has 0 saturated heterocycles. The van der Waals surface area contributed by atoms with Crippen LogP contribution in [0.15, 0.2) is 0 Å². The third-order valence-corrected chi connectivity index (χ3v) is 5.70. The molecule has 2 nitrogen and oxygen atoms in total. The molecule has 0 spiro atoms. The van der Waals surface area contributed by atoms with Crippen molar-refractivity contribution in [3.63, 3.8) is 0 Å². The van der Waals surface area contributed by atoms with Crippen molar-refractivity contribution in [3.8, 4) is 0 Å². The molecule has 0 aromatic heterocycles. The van der Waals surface area contributed by atoms with Crippen LogP contribution in [0.2, 0.25) is 0 Å². The summed E-state index contributed by atoms with van der Waals surface area (Å²) in [7, 11) is 0. The van der Waals surface area contributed by atoms with E-state index in [-0.39, 0.29) is 23.9 Å². The molecule has 0 unspecified atom stereocenters. The Hall–Kier alpha value is -1.44. The topological polar surface area (TPSA) is 34.1 Å². The molecule has 1 aromatic rings. The maximum atomic E-state index is 11.9. The number of ketones is 2. The van der Waals surface area contributed by atoms with Gasteiger partial charge in [-0.25, -0.2) is 0 Å². The van der Waals surface area contributed by atoms with Gasteiger partial charge in [-0.3, -0.25) is 9.59 Å². The molecule has 0 radical (unpaired) electrons. The van der Waals surface area contributed by atoms with Crippen molar-refractivity contribution >= 4 is 11.6 Å². The van der Waals surface area contributed by atoms with Gasteiger partial charge in [0.15, 0.2) is 0 Å². The second kappa shape index (κ2) is 5.04. The van der Waals surface area contributed by atoms with E-state index in [0.29, 0.717) is 18.3 Å². The molecule has 1 aromatic carbocycles. The van der Waals surface area contributed by atoms with Gasteiger partial charge >= 0.3 is 0 Å². The van der Waals surface area contributed by atoms with Crippen LogP contribution in [0, 0.1) is 26.2 Å². The van der Waals surface area contributed by atoms with Crippen LogP contribution in [-0.2, 0) is 22.4 Å². The number of benzene rings is 1. The smallest absolute Gasteiger partial charge is 0.140 e. The zero-order valence-electron chi connectivity index (χ0n) is 14.4. The summed E-state index contributed by atoms with van der Waals surface area (Å²) in [5.74, 6) is 0.318. The van der Waals surface area contributed by atoms with Crippen molar-refractivity contribution in [2.24, 2.45) is 5.41 Å². The van der Waals surface area contributed by atoms with Crippen LogP contribution in [0.4, 0.5) is 0 Å². The summed E-state index contributed by atoms with van der Waals surface area (Å²) in [6, 6.07) is 0. The maximum absolute atomic E-state index is 11.9. The number of rotatable bonds is 1. The quantitative estimate of drug-likeness (QED) is 0.730. The standard InChI is InChI=1S/C20H26O2/c1-11-12(2)19(14-6-15(21)8-16(22)7-14)13(3)18-10-20(4,5)9-17(11)18/h14H,6-10H2,1-5H3.